The number of hydrazone groups is 1. The Balaban J connectivity index is 3.12. The van der Waals surface area contributed by atoms with Crippen LogP contribution in [0.25, 0.3) is 0 Å². The van der Waals surface area contributed by atoms with E-state index in [4.69, 9.17) is 5.73 Å². The topological polar surface area (TPSA) is 70.6 Å². The summed E-state index contributed by atoms with van der Waals surface area (Å²) in [6.45, 7) is 3.70. The monoisotopic (exact) mass is 301 g/mol. The molecule has 0 spiro atoms. The molecule has 1 aromatic carbocycles. The summed E-state index contributed by atoms with van der Waals surface area (Å²) in [6, 6.07) is 1.85. The van der Waals surface area contributed by atoms with Crippen molar-refractivity contribution in [3.8, 4) is 5.75 Å². The van der Waals surface area contributed by atoms with Gasteiger partial charge in [-0.3, -0.25) is 5.43 Å². The number of hydrogen-bond donors (Lipinski definition) is 3. The molecule has 1 aromatic rings. The molecular formula is C10H12BrN3OS. The van der Waals surface area contributed by atoms with Gasteiger partial charge in [0.05, 0.1) is 6.21 Å². The van der Waals surface area contributed by atoms with E-state index in [2.05, 4.69) is 38.7 Å². The Morgan fingerprint density at radius 1 is 1.62 bits per heavy atom. The van der Waals surface area contributed by atoms with E-state index in [-0.39, 0.29) is 10.9 Å². The van der Waals surface area contributed by atoms with Crippen LogP contribution in [-0.2, 0) is 0 Å². The summed E-state index contributed by atoms with van der Waals surface area (Å²) in [5.74, 6) is 0.203. The first kappa shape index (κ1) is 12.9. The Labute approximate surface area is 108 Å². The standard InChI is InChI=1S/C10H12BrN3OS/c1-5-3-8(11)6(2)7(9(5)15)4-13-14-10(12)16/h3-4,15H,1-2H3,(H3,12,14,16). The fourth-order valence-corrected chi connectivity index (χ4v) is 1.81. The van der Waals surface area contributed by atoms with Crippen LogP contribution < -0.4 is 11.2 Å². The number of rotatable bonds is 2. The lowest BCUT2D eigenvalue weighted by Crippen LogP contribution is -2.24. The van der Waals surface area contributed by atoms with Crippen molar-refractivity contribution in [2.45, 2.75) is 13.8 Å². The molecular weight excluding hydrogens is 290 g/mol. The molecule has 0 amide bonds. The quantitative estimate of drug-likeness (QED) is 0.443. The van der Waals surface area contributed by atoms with Crippen molar-refractivity contribution in [3.63, 3.8) is 0 Å². The maximum atomic E-state index is 9.86. The molecule has 0 aromatic heterocycles. The minimum absolute atomic E-state index is 0.0834. The third-order valence-corrected chi connectivity index (χ3v) is 3.02. The van der Waals surface area contributed by atoms with Crippen LogP contribution in [0.4, 0.5) is 0 Å². The zero-order valence-electron chi connectivity index (χ0n) is 8.91. The number of aryl methyl sites for hydroxylation is 1. The maximum absolute atomic E-state index is 9.86. The molecule has 0 unspecified atom stereocenters. The minimum Gasteiger partial charge on any atom is -0.507 e. The van der Waals surface area contributed by atoms with Gasteiger partial charge in [0.2, 0.25) is 0 Å². The summed E-state index contributed by atoms with van der Waals surface area (Å²) in [5, 5.41) is 13.8. The van der Waals surface area contributed by atoms with Gasteiger partial charge in [0, 0.05) is 10.0 Å². The van der Waals surface area contributed by atoms with Gasteiger partial charge in [-0.2, -0.15) is 5.10 Å². The number of phenolic OH excluding ortho intramolecular Hbond substituents is 1. The summed E-state index contributed by atoms with van der Waals surface area (Å²) < 4.78 is 0.916. The average molecular weight is 302 g/mol. The summed E-state index contributed by atoms with van der Waals surface area (Å²) in [5.41, 5.74) is 9.97. The Kier molecular flexibility index (Phi) is 4.26. The van der Waals surface area contributed by atoms with Gasteiger partial charge in [-0.25, -0.2) is 0 Å². The van der Waals surface area contributed by atoms with Gasteiger partial charge in [-0.15, -0.1) is 0 Å². The Morgan fingerprint density at radius 2 is 2.25 bits per heavy atom. The fraction of sp³-hybridized carbons (Fsp3) is 0.200. The third kappa shape index (κ3) is 2.93. The van der Waals surface area contributed by atoms with Crippen LogP contribution >= 0.6 is 28.1 Å². The first-order valence-corrected chi connectivity index (χ1v) is 5.70. The van der Waals surface area contributed by atoms with E-state index >= 15 is 0 Å². The van der Waals surface area contributed by atoms with Crippen molar-refractivity contribution < 1.29 is 5.11 Å². The van der Waals surface area contributed by atoms with Crippen molar-refractivity contribution in [1.82, 2.24) is 5.43 Å². The molecule has 0 aliphatic heterocycles. The smallest absolute Gasteiger partial charge is 0.184 e. The molecule has 0 saturated heterocycles. The molecule has 1 rings (SSSR count). The highest BCUT2D eigenvalue weighted by Gasteiger charge is 2.09. The second-order valence-electron chi connectivity index (χ2n) is 3.30. The van der Waals surface area contributed by atoms with Crippen molar-refractivity contribution in [3.05, 3.63) is 27.2 Å². The maximum Gasteiger partial charge on any atom is 0.184 e. The molecule has 0 fully saturated rings. The zero-order valence-corrected chi connectivity index (χ0v) is 11.3. The van der Waals surface area contributed by atoms with Crippen LogP contribution in [0.15, 0.2) is 15.6 Å². The van der Waals surface area contributed by atoms with Crippen LogP contribution in [-0.4, -0.2) is 16.4 Å². The lowest BCUT2D eigenvalue weighted by Gasteiger charge is -2.08. The van der Waals surface area contributed by atoms with Crippen molar-refractivity contribution >= 4 is 39.5 Å². The summed E-state index contributed by atoms with van der Waals surface area (Å²) >= 11 is 8.02. The SMILES string of the molecule is Cc1cc(Br)c(C)c(C=NNC(N)=S)c1O. The number of thiocarbonyl (C=S) groups is 1. The van der Waals surface area contributed by atoms with Gasteiger partial charge < -0.3 is 10.8 Å². The average Bonchev–Trinajstić information content (AvgIpc) is 2.20. The fourth-order valence-electron chi connectivity index (χ4n) is 1.20. The summed E-state index contributed by atoms with van der Waals surface area (Å²) in [4.78, 5) is 0. The lowest BCUT2D eigenvalue weighted by molar-refractivity contribution is 0.469. The number of benzene rings is 1. The largest absolute Gasteiger partial charge is 0.507 e. The van der Waals surface area contributed by atoms with Crippen molar-refractivity contribution in [2.24, 2.45) is 10.8 Å². The zero-order chi connectivity index (χ0) is 12.3. The number of aromatic hydroxyl groups is 1. The van der Waals surface area contributed by atoms with E-state index < -0.39 is 0 Å². The molecule has 0 aliphatic rings. The van der Waals surface area contributed by atoms with E-state index in [9.17, 15) is 5.11 Å². The van der Waals surface area contributed by atoms with Gasteiger partial charge in [-0.05, 0) is 43.3 Å². The highest BCUT2D eigenvalue weighted by molar-refractivity contribution is 9.10. The molecule has 4 nitrogen and oxygen atoms in total. The van der Waals surface area contributed by atoms with Gasteiger partial charge >= 0.3 is 0 Å². The van der Waals surface area contributed by atoms with Crippen LogP contribution in [0.2, 0.25) is 0 Å². The van der Waals surface area contributed by atoms with E-state index in [0.29, 0.717) is 5.56 Å². The van der Waals surface area contributed by atoms with E-state index in [0.717, 1.165) is 15.6 Å². The number of hydrogen-bond acceptors (Lipinski definition) is 3. The van der Waals surface area contributed by atoms with Gasteiger partial charge in [0.25, 0.3) is 0 Å². The van der Waals surface area contributed by atoms with E-state index in [1.165, 1.54) is 6.21 Å². The number of nitrogens with one attached hydrogen (secondary N) is 1. The lowest BCUT2D eigenvalue weighted by atomic mass is 10.0. The van der Waals surface area contributed by atoms with Crippen LogP contribution in [0, 0.1) is 13.8 Å². The predicted molar refractivity (Wildman–Crippen MR) is 72.8 cm³/mol. The van der Waals surface area contributed by atoms with Crippen molar-refractivity contribution in [2.75, 3.05) is 0 Å². The number of halogens is 1. The van der Waals surface area contributed by atoms with Gasteiger partial charge in [0.15, 0.2) is 5.11 Å². The van der Waals surface area contributed by atoms with E-state index in [1.54, 1.807) is 0 Å². The van der Waals surface area contributed by atoms with Gasteiger partial charge in [-0.1, -0.05) is 15.9 Å². The van der Waals surface area contributed by atoms with Crippen LogP contribution in [0.5, 0.6) is 5.75 Å². The first-order chi connectivity index (χ1) is 7.43. The molecule has 0 saturated carbocycles. The third-order valence-electron chi connectivity index (χ3n) is 2.10. The molecule has 0 radical (unpaired) electrons. The normalized spacial score (nSPS) is 10.7. The highest BCUT2D eigenvalue weighted by Crippen LogP contribution is 2.29. The molecule has 0 heterocycles. The predicted octanol–water partition coefficient (Wildman–Crippen LogP) is 1.94. The number of phenols is 1. The molecule has 0 aliphatic carbocycles. The first-order valence-electron chi connectivity index (χ1n) is 4.50. The minimum atomic E-state index is 0.0834. The second kappa shape index (κ2) is 5.27. The van der Waals surface area contributed by atoms with Crippen LogP contribution in [0.3, 0.4) is 0 Å². The number of nitrogens with zero attached hydrogens (tertiary/aromatic N) is 1. The van der Waals surface area contributed by atoms with Gasteiger partial charge in [0.1, 0.15) is 5.75 Å². The molecule has 4 N–H and O–H groups in total. The Morgan fingerprint density at radius 3 is 2.81 bits per heavy atom. The number of nitrogens with two attached hydrogens (primary N) is 1. The molecule has 16 heavy (non-hydrogen) atoms. The van der Waals surface area contributed by atoms with Crippen molar-refractivity contribution in [1.29, 1.82) is 0 Å². The Hall–Kier alpha value is -1.14. The van der Waals surface area contributed by atoms with E-state index in [1.807, 2.05) is 19.9 Å². The summed E-state index contributed by atoms with van der Waals surface area (Å²) in [6.07, 6.45) is 1.49. The second-order valence-corrected chi connectivity index (χ2v) is 4.59. The summed E-state index contributed by atoms with van der Waals surface area (Å²) in [7, 11) is 0. The molecule has 0 atom stereocenters. The van der Waals surface area contributed by atoms with Crippen LogP contribution in [0.1, 0.15) is 16.7 Å². The Bertz CT molecular complexity index is 434. The molecule has 86 valence electrons. The molecule has 0 bridgehead atoms. The highest BCUT2D eigenvalue weighted by atomic mass is 79.9. The molecule has 6 heteroatoms.